The van der Waals surface area contributed by atoms with Crippen LogP contribution in [0.5, 0.6) is 0 Å². The van der Waals surface area contributed by atoms with Crippen LogP contribution in [0.4, 0.5) is 0 Å². The zero-order valence-corrected chi connectivity index (χ0v) is 7.12. The summed E-state index contributed by atoms with van der Waals surface area (Å²) in [4.78, 5) is 11.4. The second-order valence-electron chi connectivity index (χ2n) is 3.33. The SMILES string of the molecule is COC1=CC(=O)C2C=CC1CC2. The average Bonchev–Trinajstić information content (AvgIpc) is 2.36. The largest absolute Gasteiger partial charge is 0.500 e. The first-order valence-corrected chi connectivity index (χ1v) is 4.29. The number of carbonyl (C=O) groups is 1. The summed E-state index contributed by atoms with van der Waals surface area (Å²) in [5, 5.41) is 0. The van der Waals surface area contributed by atoms with Crippen molar-refractivity contribution in [2.75, 3.05) is 7.11 Å². The van der Waals surface area contributed by atoms with Crippen LogP contribution in [0.25, 0.3) is 0 Å². The summed E-state index contributed by atoms with van der Waals surface area (Å²) in [5.74, 6) is 1.49. The quantitative estimate of drug-likeness (QED) is 0.551. The van der Waals surface area contributed by atoms with Gasteiger partial charge in [0.25, 0.3) is 0 Å². The minimum atomic E-state index is 0.119. The molecular formula is C10H12O2. The molecule has 0 saturated heterocycles. The van der Waals surface area contributed by atoms with Crippen molar-refractivity contribution in [3.8, 4) is 0 Å². The van der Waals surface area contributed by atoms with Gasteiger partial charge in [0, 0.05) is 17.9 Å². The van der Waals surface area contributed by atoms with Gasteiger partial charge in [-0.25, -0.2) is 0 Å². The molecule has 0 aromatic rings. The highest BCUT2D eigenvalue weighted by Crippen LogP contribution is 2.32. The Bertz CT molecular complexity index is 263. The van der Waals surface area contributed by atoms with Gasteiger partial charge in [0.05, 0.1) is 7.11 Å². The summed E-state index contributed by atoms with van der Waals surface area (Å²) >= 11 is 0. The van der Waals surface area contributed by atoms with Gasteiger partial charge in [-0.15, -0.1) is 0 Å². The Morgan fingerprint density at radius 1 is 1.33 bits per heavy atom. The number of ether oxygens (including phenoxy) is 1. The van der Waals surface area contributed by atoms with E-state index in [1.807, 2.05) is 6.08 Å². The van der Waals surface area contributed by atoms with Crippen LogP contribution in [0.2, 0.25) is 0 Å². The van der Waals surface area contributed by atoms with Crippen LogP contribution in [0.1, 0.15) is 12.8 Å². The molecule has 12 heavy (non-hydrogen) atoms. The molecule has 2 heteroatoms. The minimum Gasteiger partial charge on any atom is -0.500 e. The highest BCUT2D eigenvalue weighted by molar-refractivity contribution is 5.94. The number of carbonyl (C=O) groups excluding carboxylic acids is 1. The lowest BCUT2D eigenvalue weighted by Crippen LogP contribution is -2.11. The maximum absolute atomic E-state index is 11.4. The molecule has 3 aliphatic carbocycles. The summed E-state index contributed by atoms with van der Waals surface area (Å²) in [7, 11) is 1.63. The molecular weight excluding hydrogens is 152 g/mol. The molecule has 0 amide bonds. The highest BCUT2D eigenvalue weighted by atomic mass is 16.5. The van der Waals surface area contributed by atoms with Gasteiger partial charge in [0.2, 0.25) is 0 Å². The topological polar surface area (TPSA) is 26.3 Å². The summed E-state index contributed by atoms with van der Waals surface area (Å²) in [6.07, 6.45) is 7.78. The molecule has 2 bridgehead atoms. The predicted molar refractivity (Wildman–Crippen MR) is 45.5 cm³/mol. The second kappa shape index (κ2) is 2.77. The Hall–Kier alpha value is -1.05. The molecule has 64 valence electrons. The van der Waals surface area contributed by atoms with E-state index in [-0.39, 0.29) is 11.7 Å². The summed E-state index contributed by atoms with van der Waals surface area (Å²) in [6, 6.07) is 0. The Morgan fingerprint density at radius 3 is 2.58 bits per heavy atom. The van der Waals surface area contributed by atoms with Crippen LogP contribution >= 0.6 is 0 Å². The number of methoxy groups -OCH3 is 1. The fourth-order valence-corrected chi connectivity index (χ4v) is 1.86. The lowest BCUT2D eigenvalue weighted by atomic mass is 9.90. The van der Waals surface area contributed by atoms with Crippen LogP contribution in [0.15, 0.2) is 24.0 Å². The number of hydrogen-bond donors (Lipinski definition) is 0. The first-order valence-electron chi connectivity index (χ1n) is 4.29. The zero-order chi connectivity index (χ0) is 8.55. The molecule has 2 nitrogen and oxygen atoms in total. The van der Waals surface area contributed by atoms with E-state index in [1.54, 1.807) is 13.2 Å². The van der Waals surface area contributed by atoms with E-state index in [9.17, 15) is 4.79 Å². The normalized spacial score (nSPS) is 33.1. The molecule has 0 radical (unpaired) electrons. The number of rotatable bonds is 1. The molecule has 3 rings (SSSR count). The van der Waals surface area contributed by atoms with Crippen molar-refractivity contribution in [3.63, 3.8) is 0 Å². The zero-order valence-electron chi connectivity index (χ0n) is 7.12. The van der Waals surface area contributed by atoms with Gasteiger partial charge in [0.15, 0.2) is 5.78 Å². The number of allylic oxidation sites excluding steroid dienone is 3. The Kier molecular flexibility index (Phi) is 1.75. The van der Waals surface area contributed by atoms with Crippen LogP contribution in [0, 0.1) is 11.8 Å². The van der Waals surface area contributed by atoms with Crippen molar-refractivity contribution < 1.29 is 9.53 Å². The average molecular weight is 164 g/mol. The monoisotopic (exact) mass is 164 g/mol. The maximum atomic E-state index is 11.4. The fraction of sp³-hybridized carbons (Fsp3) is 0.500. The van der Waals surface area contributed by atoms with Crippen molar-refractivity contribution in [2.24, 2.45) is 11.8 Å². The van der Waals surface area contributed by atoms with Gasteiger partial charge in [-0.3, -0.25) is 4.79 Å². The van der Waals surface area contributed by atoms with E-state index in [2.05, 4.69) is 6.08 Å². The van der Waals surface area contributed by atoms with Crippen LogP contribution < -0.4 is 0 Å². The van der Waals surface area contributed by atoms with Crippen LogP contribution in [-0.2, 0) is 9.53 Å². The van der Waals surface area contributed by atoms with E-state index in [0.29, 0.717) is 5.92 Å². The molecule has 0 N–H and O–H groups in total. The first-order chi connectivity index (χ1) is 5.81. The van der Waals surface area contributed by atoms with Crippen molar-refractivity contribution in [2.45, 2.75) is 12.8 Å². The van der Waals surface area contributed by atoms with E-state index in [4.69, 9.17) is 4.74 Å². The molecule has 2 unspecified atom stereocenters. The molecule has 3 aliphatic rings. The van der Waals surface area contributed by atoms with Crippen LogP contribution in [0.3, 0.4) is 0 Å². The standard InChI is InChI=1S/C10H12O2/c1-12-10-6-9(11)7-2-4-8(10)5-3-7/h2,4,6-8H,3,5H2,1H3. The molecule has 2 atom stereocenters. The maximum Gasteiger partial charge on any atom is 0.165 e. The third-order valence-corrected chi connectivity index (χ3v) is 2.62. The van der Waals surface area contributed by atoms with E-state index in [1.165, 1.54) is 0 Å². The summed E-state index contributed by atoms with van der Waals surface area (Å²) < 4.78 is 5.16. The third kappa shape index (κ3) is 1.07. The number of ketones is 1. The first kappa shape index (κ1) is 7.59. The number of hydrogen-bond acceptors (Lipinski definition) is 2. The van der Waals surface area contributed by atoms with Crippen LogP contribution in [-0.4, -0.2) is 12.9 Å². The van der Waals surface area contributed by atoms with Crippen molar-refractivity contribution in [1.82, 2.24) is 0 Å². The van der Waals surface area contributed by atoms with Crippen molar-refractivity contribution in [1.29, 1.82) is 0 Å². The molecule has 0 spiro atoms. The van der Waals surface area contributed by atoms with Gasteiger partial charge in [-0.1, -0.05) is 12.2 Å². The molecule has 0 aromatic heterocycles. The summed E-state index contributed by atoms with van der Waals surface area (Å²) in [5.41, 5.74) is 0. The predicted octanol–water partition coefficient (Wildman–Crippen LogP) is 1.68. The van der Waals surface area contributed by atoms with E-state index in [0.717, 1.165) is 18.6 Å². The highest BCUT2D eigenvalue weighted by Gasteiger charge is 2.27. The van der Waals surface area contributed by atoms with Gasteiger partial charge in [0.1, 0.15) is 5.76 Å². The van der Waals surface area contributed by atoms with Crippen molar-refractivity contribution >= 4 is 5.78 Å². The Balaban J connectivity index is 2.36. The third-order valence-electron chi connectivity index (χ3n) is 2.62. The van der Waals surface area contributed by atoms with Gasteiger partial charge < -0.3 is 4.74 Å². The minimum absolute atomic E-state index is 0.119. The van der Waals surface area contributed by atoms with Gasteiger partial charge in [-0.2, -0.15) is 0 Å². The number of fused-ring (bicyclic) bond motifs is 2. The lowest BCUT2D eigenvalue weighted by Gasteiger charge is -2.17. The summed E-state index contributed by atoms with van der Waals surface area (Å²) in [6.45, 7) is 0. The molecule has 0 aromatic carbocycles. The molecule has 0 aliphatic heterocycles. The van der Waals surface area contributed by atoms with E-state index >= 15 is 0 Å². The Labute approximate surface area is 71.9 Å². The molecule has 0 fully saturated rings. The van der Waals surface area contributed by atoms with Gasteiger partial charge >= 0.3 is 0 Å². The fourth-order valence-electron chi connectivity index (χ4n) is 1.86. The van der Waals surface area contributed by atoms with E-state index < -0.39 is 0 Å². The van der Waals surface area contributed by atoms with Gasteiger partial charge in [-0.05, 0) is 12.8 Å². The second-order valence-corrected chi connectivity index (χ2v) is 3.33. The lowest BCUT2D eigenvalue weighted by molar-refractivity contribution is -0.117. The molecule has 0 heterocycles. The Morgan fingerprint density at radius 2 is 2.00 bits per heavy atom. The smallest absolute Gasteiger partial charge is 0.165 e. The molecule has 0 saturated carbocycles. The van der Waals surface area contributed by atoms with Crippen molar-refractivity contribution in [3.05, 3.63) is 24.0 Å².